The number of amides is 2. The maximum absolute atomic E-state index is 12.3. The van der Waals surface area contributed by atoms with Crippen LogP contribution in [0, 0.1) is 6.92 Å². The third kappa shape index (κ3) is 2.59. The lowest BCUT2D eigenvalue weighted by molar-refractivity contribution is -0.152. The zero-order chi connectivity index (χ0) is 14.2. The van der Waals surface area contributed by atoms with Crippen LogP contribution in [0.3, 0.4) is 0 Å². The molecule has 1 atom stereocenters. The average Bonchev–Trinajstić information content (AvgIpc) is 2.72. The Morgan fingerprint density at radius 1 is 1.42 bits per heavy atom. The predicted molar refractivity (Wildman–Crippen MR) is 66.1 cm³/mol. The molecule has 7 nitrogen and oxygen atoms in total. The van der Waals surface area contributed by atoms with Gasteiger partial charge in [-0.05, 0) is 20.8 Å². The van der Waals surface area contributed by atoms with Crippen LogP contribution >= 0.6 is 0 Å². The standard InChI is InChI=1S/C12H18N4O3/c1-7-10(17)14-12(3,4)11(18)16(7)6-5-9-13-8(2)19-15-9/h7H,5-6H2,1-4H3,(H,14,17). The summed E-state index contributed by atoms with van der Waals surface area (Å²) >= 11 is 0. The molecular formula is C12H18N4O3. The van der Waals surface area contributed by atoms with Crippen LogP contribution in [0.2, 0.25) is 0 Å². The summed E-state index contributed by atoms with van der Waals surface area (Å²) in [5.41, 5.74) is -0.864. The Kier molecular flexibility index (Phi) is 3.30. The Labute approximate surface area is 111 Å². The lowest BCUT2D eigenvalue weighted by Crippen LogP contribution is -2.67. The number of nitrogens with zero attached hydrogens (tertiary/aromatic N) is 3. The molecule has 1 aliphatic rings. The summed E-state index contributed by atoms with van der Waals surface area (Å²) < 4.78 is 4.88. The highest BCUT2D eigenvalue weighted by Gasteiger charge is 2.43. The van der Waals surface area contributed by atoms with E-state index in [0.29, 0.717) is 24.7 Å². The van der Waals surface area contributed by atoms with Crippen molar-refractivity contribution in [3.05, 3.63) is 11.7 Å². The Balaban J connectivity index is 2.08. The fourth-order valence-electron chi connectivity index (χ4n) is 2.10. The smallest absolute Gasteiger partial charge is 0.248 e. The quantitative estimate of drug-likeness (QED) is 0.835. The first-order valence-electron chi connectivity index (χ1n) is 6.23. The maximum Gasteiger partial charge on any atom is 0.248 e. The normalized spacial score (nSPS) is 22.5. The minimum absolute atomic E-state index is 0.0974. The number of aromatic nitrogens is 2. The minimum atomic E-state index is -0.864. The third-order valence-corrected chi connectivity index (χ3v) is 3.22. The van der Waals surface area contributed by atoms with Gasteiger partial charge in [-0.3, -0.25) is 9.59 Å². The van der Waals surface area contributed by atoms with E-state index in [0.717, 1.165) is 0 Å². The van der Waals surface area contributed by atoms with Gasteiger partial charge in [0.05, 0.1) is 0 Å². The van der Waals surface area contributed by atoms with Gasteiger partial charge in [-0.2, -0.15) is 4.98 Å². The van der Waals surface area contributed by atoms with E-state index in [2.05, 4.69) is 15.5 Å². The molecule has 0 aliphatic carbocycles. The van der Waals surface area contributed by atoms with Crippen LogP contribution in [0.15, 0.2) is 4.52 Å². The summed E-state index contributed by atoms with van der Waals surface area (Å²) in [5.74, 6) is 0.793. The molecule has 19 heavy (non-hydrogen) atoms. The van der Waals surface area contributed by atoms with Crippen molar-refractivity contribution >= 4 is 11.8 Å². The highest BCUT2D eigenvalue weighted by molar-refractivity contribution is 5.99. The lowest BCUT2D eigenvalue weighted by Gasteiger charge is -2.41. The van der Waals surface area contributed by atoms with Gasteiger partial charge in [0, 0.05) is 19.9 Å². The van der Waals surface area contributed by atoms with E-state index in [4.69, 9.17) is 4.52 Å². The van der Waals surface area contributed by atoms with E-state index in [-0.39, 0.29) is 11.8 Å². The van der Waals surface area contributed by atoms with E-state index in [9.17, 15) is 9.59 Å². The minimum Gasteiger partial charge on any atom is -0.340 e. The van der Waals surface area contributed by atoms with Gasteiger partial charge in [0.25, 0.3) is 0 Å². The first-order chi connectivity index (χ1) is 8.81. The highest BCUT2D eigenvalue weighted by Crippen LogP contribution is 2.18. The van der Waals surface area contributed by atoms with E-state index in [1.807, 2.05) is 0 Å². The molecule has 0 bridgehead atoms. The van der Waals surface area contributed by atoms with Crippen LogP contribution in [0.25, 0.3) is 0 Å². The van der Waals surface area contributed by atoms with Crippen molar-refractivity contribution in [1.82, 2.24) is 20.4 Å². The Morgan fingerprint density at radius 3 is 2.68 bits per heavy atom. The molecule has 0 aromatic carbocycles. The monoisotopic (exact) mass is 266 g/mol. The van der Waals surface area contributed by atoms with Crippen LogP contribution in [-0.4, -0.2) is 45.0 Å². The Bertz CT molecular complexity index is 509. The van der Waals surface area contributed by atoms with Gasteiger partial charge in [-0.25, -0.2) is 0 Å². The third-order valence-electron chi connectivity index (χ3n) is 3.22. The topological polar surface area (TPSA) is 88.3 Å². The molecule has 1 fully saturated rings. The number of hydrogen-bond donors (Lipinski definition) is 1. The second-order valence-corrected chi connectivity index (χ2v) is 5.27. The first kappa shape index (κ1) is 13.5. The maximum atomic E-state index is 12.3. The summed E-state index contributed by atoms with van der Waals surface area (Å²) in [6.45, 7) is 7.22. The van der Waals surface area contributed by atoms with Gasteiger partial charge in [0.1, 0.15) is 11.6 Å². The number of rotatable bonds is 3. The number of hydrogen-bond acceptors (Lipinski definition) is 5. The molecule has 0 radical (unpaired) electrons. The molecule has 1 unspecified atom stereocenters. The van der Waals surface area contributed by atoms with Crippen LogP contribution < -0.4 is 5.32 Å². The van der Waals surface area contributed by atoms with E-state index in [1.165, 1.54) is 0 Å². The number of nitrogens with one attached hydrogen (secondary N) is 1. The Morgan fingerprint density at radius 2 is 2.11 bits per heavy atom. The molecule has 104 valence electrons. The van der Waals surface area contributed by atoms with E-state index < -0.39 is 11.6 Å². The summed E-state index contributed by atoms with van der Waals surface area (Å²) in [6, 6.07) is -0.478. The van der Waals surface area contributed by atoms with Gasteiger partial charge in [-0.1, -0.05) is 5.16 Å². The largest absolute Gasteiger partial charge is 0.340 e. The van der Waals surface area contributed by atoms with Crippen LogP contribution in [-0.2, 0) is 16.0 Å². The molecule has 1 saturated heterocycles. The highest BCUT2D eigenvalue weighted by atomic mass is 16.5. The molecule has 1 aromatic rings. The molecule has 2 amide bonds. The number of carbonyl (C=O) groups excluding carboxylic acids is 2. The number of piperazine rings is 1. The second kappa shape index (κ2) is 4.64. The van der Waals surface area contributed by atoms with E-state index in [1.54, 1.807) is 32.6 Å². The van der Waals surface area contributed by atoms with Gasteiger partial charge in [0.2, 0.25) is 17.7 Å². The Hall–Kier alpha value is -1.92. The van der Waals surface area contributed by atoms with Crippen molar-refractivity contribution in [3.8, 4) is 0 Å². The average molecular weight is 266 g/mol. The second-order valence-electron chi connectivity index (χ2n) is 5.27. The zero-order valence-electron chi connectivity index (χ0n) is 11.6. The van der Waals surface area contributed by atoms with Crippen molar-refractivity contribution in [2.24, 2.45) is 0 Å². The molecule has 1 aromatic heterocycles. The summed E-state index contributed by atoms with van der Waals surface area (Å²) in [6.07, 6.45) is 0.469. The molecule has 2 heterocycles. The molecule has 1 aliphatic heterocycles. The molecular weight excluding hydrogens is 248 g/mol. The van der Waals surface area contributed by atoms with Crippen molar-refractivity contribution in [1.29, 1.82) is 0 Å². The number of aryl methyl sites for hydroxylation is 1. The lowest BCUT2D eigenvalue weighted by atomic mass is 9.97. The summed E-state index contributed by atoms with van der Waals surface area (Å²) in [5, 5.41) is 6.49. The van der Waals surface area contributed by atoms with Crippen LogP contribution in [0.4, 0.5) is 0 Å². The van der Waals surface area contributed by atoms with Crippen molar-refractivity contribution in [3.63, 3.8) is 0 Å². The molecule has 0 saturated carbocycles. The van der Waals surface area contributed by atoms with Gasteiger partial charge in [0.15, 0.2) is 5.82 Å². The van der Waals surface area contributed by atoms with Crippen molar-refractivity contribution < 1.29 is 14.1 Å². The summed E-state index contributed by atoms with van der Waals surface area (Å²) in [7, 11) is 0. The summed E-state index contributed by atoms with van der Waals surface area (Å²) in [4.78, 5) is 29.7. The van der Waals surface area contributed by atoms with Gasteiger partial charge < -0.3 is 14.7 Å². The zero-order valence-corrected chi connectivity index (χ0v) is 11.6. The molecule has 7 heteroatoms. The fraction of sp³-hybridized carbons (Fsp3) is 0.667. The van der Waals surface area contributed by atoms with Crippen molar-refractivity contribution in [2.45, 2.75) is 45.7 Å². The first-order valence-corrected chi connectivity index (χ1v) is 6.23. The number of carbonyl (C=O) groups is 2. The molecule has 2 rings (SSSR count). The molecule has 1 N–H and O–H groups in total. The fourth-order valence-corrected chi connectivity index (χ4v) is 2.10. The van der Waals surface area contributed by atoms with Gasteiger partial charge in [-0.15, -0.1) is 0 Å². The van der Waals surface area contributed by atoms with E-state index >= 15 is 0 Å². The van der Waals surface area contributed by atoms with Crippen LogP contribution in [0.5, 0.6) is 0 Å². The predicted octanol–water partition coefficient (Wildman–Crippen LogP) is 0.0460. The van der Waals surface area contributed by atoms with Crippen molar-refractivity contribution in [2.75, 3.05) is 6.54 Å². The SMILES string of the molecule is Cc1nc(CCN2C(=O)C(C)(C)NC(=O)C2C)no1. The molecule has 0 spiro atoms. The van der Waals surface area contributed by atoms with Gasteiger partial charge >= 0.3 is 0 Å². The van der Waals surface area contributed by atoms with Crippen LogP contribution in [0.1, 0.15) is 32.5 Å².